The Morgan fingerprint density at radius 1 is 1.35 bits per heavy atom. The fourth-order valence-electron chi connectivity index (χ4n) is 4.11. The van der Waals surface area contributed by atoms with Crippen molar-refractivity contribution < 1.29 is 4.79 Å². The molecule has 2 aromatic heterocycles. The minimum Gasteiger partial charge on any atom is -0.328 e. The van der Waals surface area contributed by atoms with E-state index < -0.39 is 0 Å². The summed E-state index contributed by atoms with van der Waals surface area (Å²) >= 11 is 6.40. The van der Waals surface area contributed by atoms with E-state index in [9.17, 15) is 4.79 Å². The number of hydrogen-bond donors (Lipinski definition) is 2. The maximum atomic E-state index is 12.6. The third-order valence-electron chi connectivity index (χ3n) is 5.46. The van der Waals surface area contributed by atoms with Crippen LogP contribution in [0.5, 0.6) is 0 Å². The van der Waals surface area contributed by atoms with Gasteiger partial charge in [0.25, 0.3) is 0 Å². The monoisotopic (exact) mass is 373 g/mol. The molecule has 26 heavy (non-hydrogen) atoms. The van der Waals surface area contributed by atoms with Crippen molar-refractivity contribution in [1.82, 2.24) is 14.8 Å². The molecule has 1 aliphatic carbocycles. The minimum absolute atomic E-state index is 0.00483. The van der Waals surface area contributed by atoms with Gasteiger partial charge in [-0.05, 0) is 37.7 Å². The molecule has 1 fully saturated rings. The average molecular weight is 374 g/mol. The lowest BCUT2D eigenvalue weighted by atomic mass is 9.85. The molecule has 1 aliphatic heterocycles. The summed E-state index contributed by atoms with van der Waals surface area (Å²) < 4.78 is 2.04. The molecule has 0 radical (unpaired) electrons. The van der Waals surface area contributed by atoms with Gasteiger partial charge in [-0.3, -0.25) is 9.48 Å². The number of nitrogens with two attached hydrogens (primary N) is 1. The lowest BCUT2D eigenvalue weighted by Crippen LogP contribution is -2.34. The number of rotatable bonds is 3. The highest BCUT2D eigenvalue weighted by atomic mass is 35.5. The number of aromatic nitrogens is 3. The smallest absolute Gasteiger partial charge is 0.228 e. The van der Waals surface area contributed by atoms with Crippen LogP contribution in [-0.4, -0.2) is 26.7 Å². The minimum atomic E-state index is -0.0408. The van der Waals surface area contributed by atoms with Gasteiger partial charge in [0.15, 0.2) is 0 Å². The highest BCUT2D eigenvalue weighted by Crippen LogP contribution is 2.35. The van der Waals surface area contributed by atoms with E-state index in [1.54, 1.807) is 6.20 Å². The van der Waals surface area contributed by atoms with Crippen molar-refractivity contribution in [2.45, 2.75) is 51.6 Å². The highest BCUT2D eigenvalue weighted by Gasteiger charge is 2.27. The van der Waals surface area contributed by atoms with Gasteiger partial charge in [-0.1, -0.05) is 24.9 Å². The molecule has 4 rings (SSSR count). The molecule has 2 aliphatic rings. The van der Waals surface area contributed by atoms with Crippen molar-refractivity contribution in [3.05, 3.63) is 29.2 Å². The summed E-state index contributed by atoms with van der Waals surface area (Å²) in [6.45, 7) is 3.15. The predicted octanol–water partition coefficient (Wildman–Crippen LogP) is 3.25. The molecule has 3 heterocycles. The number of fused-ring (bicyclic) bond motifs is 1. The van der Waals surface area contributed by atoms with Crippen LogP contribution in [0.1, 0.15) is 38.3 Å². The zero-order valence-electron chi connectivity index (χ0n) is 14.9. The largest absolute Gasteiger partial charge is 0.328 e. The van der Waals surface area contributed by atoms with Gasteiger partial charge < -0.3 is 11.1 Å². The first kappa shape index (κ1) is 17.5. The first-order chi connectivity index (χ1) is 12.5. The Labute approximate surface area is 158 Å². The van der Waals surface area contributed by atoms with Gasteiger partial charge in [-0.25, -0.2) is 4.98 Å². The number of hydrogen-bond acceptors (Lipinski definition) is 4. The number of carbonyl (C=O) groups excluding carboxylic acids is 1. The number of carbonyl (C=O) groups is 1. The van der Waals surface area contributed by atoms with Crippen LogP contribution in [0, 0.1) is 11.8 Å². The Morgan fingerprint density at radius 2 is 2.19 bits per heavy atom. The van der Waals surface area contributed by atoms with Crippen LogP contribution in [-0.2, 0) is 17.8 Å². The van der Waals surface area contributed by atoms with E-state index in [2.05, 4.69) is 22.3 Å². The average Bonchev–Trinajstić information content (AvgIpc) is 3.15. The molecule has 2 aromatic rings. The molecule has 3 N–H and O–H groups in total. The molecule has 7 heteroatoms. The fourth-order valence-corrected chi connectivity index (χ4v) is 4.31. The lowest BCUT2D eigenvalue weighted by Gasteiger charge is -2.25. The fraction of sp³-hybridized carbons (Fsp3) is 0.526. The molecule has 3 atom stereocenters. The van der Waals surface area contributed by atoms with Crippen molar-refractivity contribution in [2.24, 2.45) is 17.6 Å². The third kappa shape index (κ3) is 3.35. The second kappa shape index (κ2) is 7.00. The van der Waals surface area contributed by atoms with Crippen molar-refractivity contribution in [3.8, 4) is 11.1 Å². The van der Waals surface area contributed by atoms with Crippen LogP contribution in [0.3, 0.4) is 0 Å². The van der Waals surface area contributed by atoms with Gasteiger partial charge in [-0.2, -0.15) is 5.10 Å². The standard InChI is InChI=1S/C19H24ClN5O/c1-11-5-17-15(8-23-25(17)10-11)14-7-18(22-9-16(14)20)24-19(26)12-3-2-4-13(21)6-12/h7-9,11-13H,2-6,10,21H2,1H3,(H,22,24,26)/t11?,12-,13+/m1/s1. The van der Waals surface area contributed by atoms with Crippen molar-refractivity contribution in [2.75, 3.05) is 5.32 Å². The van der Waals surface area contributed by atoms with Crippen molar-refractivity contribution in [3.63, 3.8) is 0 Å². The number of pyridine rings is 1. The van der Waals surface area contributed by atoms with Crippen LogP contribution in [0.15, 0.2) is 18.5 Å². The molecule has 1 unspecified atom stereocenters. The quantitative estimate of drug-likeness (QED) is 0.864. The first-order valence-electron chi connectivity index (χ1n) is 9.28. The Morgan fingerprint density at radius 3 is 3.00 bits per heavy atom. The molecule has 0 saturated heterocycles. The Balaban J connectivity index is 1.56. The maximum Gasteiger partial charge on any atom is 0.228 e. The molecule has 0 bridgehead atoms. The summed E-state index contributed by atoms with van der Waals surface area (Å²) in [6.07, 6.45) is 8.05. The summed E-state index contributed by atoms with van der Waals surface area (Å²) in [5.74, 6) is 1.06. The van der Waals surface area contributed by atoms with Gasteiger partial charge >= 0.3 is 0 Å². The Hall–Kier alpha value is -1.92. The summed E-state index contributed by atoms with van der Waals surface area (Å²) in [5.41, 5.74) is 9.09. The molecular formula is C19H24ClN5O. The second-order valence-electron chi connectivity index (χ2n) is 7.66. The topological polar surface area (TPSA) is 85.8 Å². The number of nitrogens with one attached hydrogen (secondary N) is 1. The second-order valence-corrected chi connectivity index (χ2v) is 8.07. The first-order valence-corrected chi connectivity index (χ1v) is 9.66. The number of amides is 1. The van der Waals surface area contributed by atoms with Crippen LogP contribution >= 0.6 is 11.6 Å². The van der Waals surface area contributed by atoms with E-state index in [1.807, 2.05) is 16.9 Å². The molecule has 1 amide bonds. The van der Waals surface area contributed by atoms with Gasteiger partial charge in [0, 0.05) is 41.5 Å². The SMILES string of the molecule is CC1Cc2c(-c3cc(NC(=O)[C@@H]4CCC[C@H](N)C4)ncc3Cl)cnn2C1. The van der Waals surface area contributed by atoms with E-state index in [1.165, 1.54) is 5.69 Å². The van der Waals surface area contributed by atoms with Crippen molar-refractivity contribution >= 4 is 23.3 Å². The molecule has 138 valence electrons. The van der Waals surface area contributed by atoms with Gasteiger partial charge in [-0.15, -0.1) is 0 Å². The number of anilines is 1. The van der Waals surface area contributed by atoms with Crippen LogP contribution in [0.2, 0.25) is 5.02 Å². The van der Waals surface area contributed by atoms with Gasteiger partial charge in [0.1, 0.15) is 5.82 Å². The zero-order chi connectivity index (χ0) is 18.3. The Kier molecular flexibility index (Phi) is 4.71. The molecule has 0 spiro atoms. The number of nitrogens with zero attached hydrogens (tertiary/aromatic N) is 3. The van der Waals surface area contributed by atoms with E-state index in [4.69, 9.17) is 17.3 Å². The van der Waals surface area contributed by atoms with E-state index in [-0.39, 0.29) is 17.9 Å². The summed E-state index contributed by atoms with van der Waals surface area (Å²) in [4.78, 5) is 16.9. The van der Waals surface area contributed by atoms with E-state index in [0.717, 1.165) is 49.8 Å². The van der Waals surface area contributed by atoms with E-state index >= 15 is 0 Å². The highest BCUT2D eigenvalue weighted by molar-refractivity contribution is 6.33. The normalized spacial score (nSPS) is 25.1. The summed E-state index contributed by atoms with van der Waals surface area (Å²) in [7, 11) is 0. The van der Waals surface area contributed by atoms with Crippen molar-refractivity contribution in [1.29, 1.82) is 0 Å². The van der Waals surface area contributed by atoms with Gasteiger partial charge in [0.05, 0.1) is 11.2 Å². The predicted molar refractivity (Wildman–Crippen MR) is 102 cm³/mol. The number of halogens is 1. The Bertz CT molecular complexity index is 833. The molecule has 1 saturated carbocycles. The van der Waals surface area contributed by atoms with Crippen LogP contribution < -0.4 is 11.1 Å². The van der Waals surface area contributed by atoms with Gasteiger partial charge in [0.2, 0.25) is 5.91 Å². The summed E-state index contributed by atoms with van der Waals surface area (Å²) in [6, 6.07) is 1.97. The molecule has 6 nitrogen and oxygen atoms in total. The third-order valence-corrected chi connectivity index (χ3v) is 5.76. The summed E-state index contributed by atoms with van der Waals surface area (Å²) in [5, 5.41) is 7.99. The molecular weight excluding hydrogens is 350 g/mol. The van der Waals surface area contributed by atoms with E-state index in [0.29, 0.717) is 16.8 Å². The molecule has 0 aromatic carbocycles. The lowest BCUT2D eigenvalue weighted by molar-refractivity contribution is -0.120. The van der Waals surface area contributed by atoms with Crippen LogP contribution in [0.4, 0.5) is 5.82 Å². The zero-order valence-corrected chi connectivity index (χ0v) is 15.7. The van der Waals surface area contributed by atoms with Crippen LogP contribution in [0.25, 0.3) is 11.1 Å². The maximum absolute atomic E-state index is 12.6.